The predicted molar refractivity (Wildman–Crippen MR) is 373 cm³/mol. The fraction of sp³-hybridized carbons (Fsp3) is 0.100. The minimum atomic E-state index is -0.00778. The summed E-state index contributed by atoms with van der Waals surface area (Å²) in [6.45, 7) is 18.3. The molecule has 0 aliphatic heterocycles. The van der Waals surface area contributed by atoms with Gasteiger partial charge < -0.3 is 18.3 Å². The van der Waals surface area contributed by atoms with Gasteiger partial charge in [-0.05, 0) is 164 Å². The van der Waals surface area contributed by atoms with Crippen molar-refractivity contribution in [2.45, 2.75) is 55.4 Å². The molecule has 12 aromatic carbocycles. The summed E-state index contributed by atoms with van der Waals surface area (Å²) in [4.78, 5) is 0. The number of hydrogen-bond acceptors (Lipinski definition) is 0. The molecular formula is C80H64BBrN4. The summed E-state index contributed by atoms with van der Waals surface area (Å²) in [5.74, 6) is 0. The van der Waals surface area contributed by atoms with Crippen LogP contribution in [0.5, 0.6) is 0 Å². The van der Waals surface area contributed by atoms with Gasteiger partial charge in [-0.3, -0.25) is 0 Å². The van der Waals surface area contributed by atoms with Gasteiger partial charge in [0.05, 0.1) is 44.1 Å². The maximum absolute atomic E-state index is 3.67. The van der Waals surface area contributed by atoms with Crippen molar-refractivity contribution in [3.63, 3.8) is 0 Å². The highest BCUT2D eigenvalue weighted by Crippen LogP contribution is 2.38. The molecule has 414 valence electrons. The zero-order valence-electron chi connectivity index (χ0n) is 49.8. The average molecular weight is 1170 g/mol. The van der Waals surface area contributed by atoms with Gasteiger partial charge in [-0.2, -0.15) is 0 Å². The highest BCUT2D eigenvalue weighted by atomic mass is 79.9. The topological polar surface area (TPSA) is 19.7 Å². The lowest BCUT2D eigenvalue weighted by molar-refractivity contribution is 1.15. The minimum Gasteiger partial charge on any atom is -0.309 e. The van der Waals surface area contributed by atoms with Gasteiger partial charge in [0.1, 0.15) is 0 Å². The van der Waals surface area contributed by atoms with Crippen LogP contribution in [0.3, 0.4) is 0 Å². The largest absolute Gasteiger partial charge is 0.309 e. The summed E-state index contributed by atoms with van der Waals surface area (Å²) in [5.41, 5.74) is 29.1. The summed E-state index contributed by atoms with van der Waals surface area (Å²) in [6, 6.07) is 89.2. The quantitative estimate of drug-likeness (QED) is 0.142. The molecule has 0 atom stereocenters. The second-order valence-corrected chi connectivity index (χ2v) is 24.6. The Morgan fingerprint density at radius 3 is 0.547 bits per heavy atom. The highest BCUT2D eigenvalue weighted by Gasteiger charge is 2.33. The normalized spacial score (nSPS) is 11.8. The Bertz CT molecular complexity index is 4720. The lowest BCUT2D eigenvalue weighted by atomic mass is 9.33. The van der Waals surface area contributed by atoms with Crippen molar-refractivity contribution in [1.29, 1.82) is 0 Å². The van der Waals surface area contributed by atoms with Gasteiger partial charge in [0.2, 0.25) is 6.71 Å². The van der Waals surface area contributed by atoms with Crippen LogP contribution in [0, 0.1) is 55.4 Å². The van der Waals surface area contributed by atoms with Crippen LogP contribution < -0.4 is 16.4 Å². The lowest BCUT2D eigenvalue weighted by Gasteiger charge is -2.28. The third-order valence-electron chi connectivity index (χ3n) is 18.4. The van der Waals surface area contributed by atoms with Crippen LogP contribution in [-0.4, -0.2) is 25.0 Å². The number of para-hydroxylation sites is 8. The van der Waals surface area contributed by atoms with Gasteiger partial charge >= 0.3 is 0 Å². The Labute approximate surface area is 511 Å². The van der Waals surface area contributed by atoms with Crippen LogP contribution >= 0.6 is 15.9 Å². The fourth-order valence-electron chi connectivity index (χ4n) is 14.9. The molecule has 0 aliphatic rings. The van der Waals surface area contributed by atoms with E-state index in [1.807, 2.05) is 0 Å². The molecule has 0 saturated carbocycles. The molecule has 0 aliphatic carbocycles. The molecular weight excluding hydrogens is 1110 g/mol. The Hall–Kier alpha value is -9.62. The number of aryl methyl sites for hydroxylation is 8. The van der Waals surface area contributed by atoms with E-state index in [4.69, 9.17) is 0 Å². The Morgan fingerprint density at radius 2 is 0.372 bits per heavy atom. The zero-order valence-corrected chi connectivity index (χ0v) is 51.4. The molecule has 0 saturated heterocycles. The van der Waals surface area contributed by atoms with Gasteiger partial charge in [0.25, 0.3) is 0 Å². The molecule has 4 heterocycles. The molecule has 4 nitrogen and oxygen atoms in total. The molecule has 16 rings (SSSR count). The molecule has 0 radical (unpaired) electrons. The summed E-state index contributed by atoms with van der Waals surface area (Å²) >= 11 is 3.67. The molecule has 0 spiro atoms. The van der Waals surface area contributed by atoms with E-state index < -0.39 is 0 Å². The van der Waals surface area contributed by atoms with Gasteiger partial charge in [-0.1, -0.05) is 211 Å². The molecule has 16 aromatic rings. The number of hydrogen-bond donors (Lipinski definition) is 0. The van der Waals surface area contributed by atoms with E-state index in [0.717, 1.165) is 0 Å². The predicted octanol–water partition coefficient (Wildman–Crippen LogP) is 19.5. The maximum Gasteiger partial charge on any atom is 0.243 e. The number of fused-ring (bicyclic) bond motifs is 12. The first-order chi connectivity index (χ1) is 41.9. The Kier molecular flexibility index (Phi) is 12.9. The average Bonchev–Trinajstić information content (AvgIpc) is 1.91. The van der Waals surface area contributed by atoms with E-state index in [-0.39, 0.29) is 6.71 Å². The molecule has 0 amide bonds. The molecule has 0 fully saturated rings. The van der Waals surface area contributed by atoms with Crippen LogP contribution in [0.2, 0.25) is 0 Å². The van der Waals surface area contributed by atoms with Crippen LogP contribution in [-0.2, 0) is 0 Å². The van der Waals surface area contributed by atoms with E-state index in [2.05, 4.69) is 332 Å². The first kappa shape index (κ1) is 53.1. The number of benzene rings is 12. The molecule has 0 bridgehead atoms. The van der Waals surface area contributed by atoms with Crippen molar-refractivity contribution in [3.05, 3.63) is 292 Å². The van der Waals surface area contributed by atoms with Crippen molar-refractivity contribution in [3.8, 4) is 22.7 Å². The summed E-state index contributed by atoms with van der Waals surface area (Å²) in [6.07, 6.45) is 0. The van der Waals surface area contributed by atoms with Crippen LogP contribution in [0.25, 0.3) is 110 Å². The molecule has 86 heavy (non-hydrogen) atoms. The fourth-order valence-corrected chi connectivity index (χ4v) is 15.1. The van der Waals surface area contributed by atoms with Crippen LogP contribution in [0.15, 0.2) is 247 Å². The van der Waals surface area contributed by atoms with Crippen molar-refractivity contribution in [2.24, 2.45) is 0 Å². The lowest BCUT2D eigenvalue weighted by Crippen LogP contribution is -2.57. The number of aromatic nitrogens is 4. The van der Waals surface area contributed by atoms with Gasteiger partial charge in [0, 0.05) is 70.3 Å². The summed E-state index contributed by atoms with van der Waals surface area (Å²) in [7, 11) is 0. The van der Waals surface area contributed by atoms with E-state index in [1.54, 1.807) is 0 Å². The smallest absolute Gasteiger partial charge is 0.243 e. The van der Waals surface area contributed by atoms with Gasteiger partial charge in [-0.15, -0.1) is 0 Å². The second-order valence-electron chi connectivity index (χ2n) is 23.8. The second kappa shape index (κ2) is 20.9. The third-order valence-corrected chi connectivity index (χ3v) is 19.6. The number of nitrogens with zero attached hydrogens (tertiary/aromatic N) is 4. The Morgan fingerprint density at radius 1 is 0.221 bits per heavy atom. The van der Waals surface area contributed by atoms with E-state index in [9.17, 15) is 0 Å². The first-order valence-electron chi connectivity index (χ1n) is 30.0. The Balaban J connectivity index is 0.000000237. The first-order valence-corrected chi connectivity index (χ1v) is 30.8. The van der Waals surface area contributed by atoms with Crippen molar-refractivity contribution >= 4 is 126 Å². The molecule has 6 heteroatoms. The van der Waals surface area contributed by atoms with E-state index >= 15 is 0 Å². The highest BCUT2D eigenvalue weighted by molar-refractivity contribution is 9.10. The minimum absolute atomic E-state index is 0.00778. The van der Waals surface area contributed by atoms with E-state index in [1.165, 1.54) is 175 Å². The molecule has 0 unspecified atom stereocenters. The number of rotatable bonds is 7. The van der Waals surface area contributed by atoms with Crippen molar-refractivity contribution < 1.29 is 0 Å². The monoisotopic (exact) mass is 1170 g/mol. The van der Waals surface area contributed by atoms with Crippen molar-refractivity contribution in [2.75, 3.05) is 0 Å². The standard InChI is InChI=1S/C60H48BN3.C20H16BrN/c1-37-31-43(62-52-25-13-7-19-46(52)47-20-8-14-26-53(47)62)32-38(2)58(37)61(59-39(3)33-44(34-40(59)4)63-54-27-15-9-21-48(54)49-22-10-16-28-55(49)63)60-41(5)35-45(36-42(60)6)64-56-29-17-11-23-50(56)51-24-12-18-30-57(51)64;1-13-11-15(12-14(2)20(13)21)22-18-9-5-3-7-16(18)17-8-4-6-10-19(17)22/h7-36H,1-6H3;3-12H,1-2H3. The van der Waals surface area contributed by atoms with Gasteiger partial charge in [0.15, 0.2) is 0 Å². The van der Waals surface area contributed by atoms with Crippen LogP contribution in [0.4, 0.5) is 0 Å². The molecule has 0 N–H and O–H groups in total. The maximum atomic E-state index is 3.67. The summed E-state index contributed by atoms with van der Waals surface area (Å²) in [5, 5.41) is 10.3. The van der Waals surface area contributed by atoms with E-state index in [0.29, 0.717) is 0 Å². The zero-order chi connectivity index (χ0) is 58.6. The van der Waals surface area contributed by atoms with Gasteiger partial charge in [-0.25, -0.2) is 0 Å². The SMILES string of the molecule is Cc1cc(-n2c3ccccc3c3ccccc32)cc(C)c1B(c1c(C)cc(-n2c3ccccc3c3ccccc32)cc1C)c1c(C)cc(-n2c3ccccc3c3ccccc32)cc1C.Cc1cc(-n2c3ccccc3c3ccccc32)cc(C)c1Br. The van der Waals surface area contributed by atoms with Crippen LogP contribution in [0.1, 0.15) is 44.5 Å². The molecule has 4 aromatic heterocycles. The number of halogens is 1. The summed E-state index contributed by atoms with van der Waals surface area (Å²) < 4.78 is 10.9. The van der Waals surface area contributed by atoms with Crippen molar-refractivity contribution in [1.82, 2.24) is 18.3 Å². The third kappa shape index (κ3) is 8.40.